The van der Waals surface area contributed by atoms with Gasteiger partial charge < -0.3 is 15.4 Å². The molecule has 0 bridgehead atoms. The minimum absolute atomic E-state index is 0.280. The Bertz CT molecular complexity index is 805. The number of rotatable bonds is 6. The summed E-state index contributed by atoms with van der Waals surface area (Å²) in [4.78, 5) is 24.6. The maximum atomic E-state index is 12.2. The first-order valence-electron chi connectivity index (χ1n) is 7.28. The molecular weight excluding hydrogens is 326 g/mol. The second-order valence-electron chi connectivity index (χ2n) is 4.65. The molecule has 8 heteroatoms. The molecule has 1 amide bonds. The van der Waals surface area contributed by atoms with Crippen molar-refractivity contribution in [2.75, 3.05) is 17.2 Å². The molecular formula is C16H15N5O2S. The van der Waals surface area contributed by atoms with Gasteiger partial charge in [0.2, 0.25) is 5.95 Å². The SMILES string of the molecule is CCOc1ccc(NC(=O)c2csc(Nc3ncccn3)n2)cc1. The van der Waals surface area contributed by atoms with Crippen LogP contribution in [0.2, 0.25) is 0 Å². The van der Waals surface area contributed by atoms with Gasteiger partial charge in [0, 0.05) is 23.5 Å². The summed E-state index contributed by atoms with van der Waals surface area (Å²) in [5.41, 5.74) is 1.00. The molecule has 0 aliphatic rings. The molecule has 3 aromatic rings. The summed E-state index contributed by atoms with van der Waals surface area (Å²) in [5.74, 6) is 0.918. The number of hydrogen-bond acceptors (Lipinski definition) is 7. The maximum Gasteiger partial charge on any atom is 0.275 e. The first-order valence-corrected chi connectivity index (χ1v) is 8.16. The van der Waals surface area contributed by atoms with Crippen molar-refractivity contribution in [2.24, 2.45) is 0 Å². The minimum Gasteiger partial charge on any atom is -0.494 e. The van der Waals surface area contributed by atoms with E-state index in [2.05, 4.69) is 25.6 Å². The van der Waals surface area contributed by atoms with E-state index in [1.807, 2.05) is 6.92 Å². The van der Waals surface area contributed by atoms with Crippen LogP contribution in [0.25, 0.3) is 0 Å². The zero-order valence-electron chi connectivity index (χ0n) is 12.9. The van der Waals surface area contributed by atoms with E-state index >= 15 is 0 Å². The monoisotopic (exact) mass is 341 g/mol. The number of hydrogen-bond donors (Lipinski definition) is 2. The van der Waals surface area contributed by atoms with Gasteiger partial charge in [0.1, 0.15) is 11.4 Å². The van der Waals surface area contributed by atoms with Gasteiger partial charge in [0.05, 0.1) is 6.61 Å². The maximum absolute atomic E-state index is 12.2. The van der Waals surface area contributed by atoms with Gasteiger partial charge in [-0.1, -0.05) is 0 Å². The lowest BCUT2D eigenvalue weighted by Crippen LogP contribution is -2.12. The number of benzene rings is 1. The molecule has 0 saturated carbocycles. The number of ether oxygens (including phenoxy) is 1. The minimum atomic E-state index is -0.280. The summed E-state index contributed by atoms with van der Waals surface area (Å²) in [5, 5.41) is 7.98. The number of carbonyl (C=O) groups is 1. The quantitative estimate of drug-likeness (QED) is 0.715. The molecule has 1 aromatic carbocycles. The average Bonchev–Trinajstić information content (AvgIpc) is 3.06. The van der Waals surface area contributed by atoms with Gasteiger partial charge in [0.25, 0.3) is 5.91 Å². The molecule has 7 nitrogen and oxygen atoms in total. The van der Waals surface area contributed by atoms with Crippen molar-refractivity contribution >= 4 is 34.0 Å². The van der Waals surface area contributed by atoms with Gasteiger partial charge in [-0.25, -0.2) is 15.0 Å². The zero-order valence-corrected chi connectivity index (χ0v) is 13.7. The summed E-state index contributed by atoms with van der Waals surface area (Å²) in [7, 11) is 0. The van der Waals surface area contributed by atoms with Crippen molar-refractivity contribution < 1.29 is 9.53 Å². The van der Waals surface area contributed by atoms with E-state index in [0.29, 0.717) is 29.1 Å². The van der Waals surface area contributed by atoms with Crippen LogP contribution in [0.5, 0.6) is 5.75 Å². The topological polar surface area (TPSA) is 89.0 Å². The second-order valence-corrected chi connectivity index (χ2v) is 5.50. The summed E-state index contributed by atoms with van der Waals surface area (Å²) in [6, 6.07) is 8.90. The van der Waals surface area contributed by atoms with Crippen molar-refractivity contribution in [3.63, 3.8) is 0 Å². The van der Waals surface area contributed by atoms with Crippen molar-refractivity contribution in [1.29, 1.82) is 0 Å². The molecule has 0 unspecified atom stereocenters. The van der Waals surface area contributed by atoms with Gasteiger partial charge in [-0.05, 0) is 37.3 Å². The van der Waals surface area contributed by atoms with E-state index < -0.39 is 0 Å². The summed E-state index contributed by atoms with van der Waals surface area (Å²) in [6.07, 6.45) is 3.25. The summed E-state index contributed by atoms with van der Waals surface area (Å²) in [6.45, 7) is 2.52. The van der Waals surface area contributed by atoms with Crippen LogP contribution < -0.4 is 15.4 Å². The van der Waals surface area contributed by atoms with E-state index in [1.165, 1.54) is 11.3 Å². The molecule has 24 heavy (non-hydrogen) atoms. The van der Waals surface area contributed by atoms with E-state index in [-0.39, 0.29) is 5.91 Å². The highest BCUT2D eigenvalue weighted by molar-refractivity contribution is 7.14. The molecule has 0 saturated heterocycles. The van der Waals surface area contributed by atoms with E-state index in [9.17, 15) is 4.79 Å². The van der Waals surface area contributed by atoms with Crippen molar-refractivity contribution in [3.8, 4) is 5.75 Å². The van der Waals surface area contributed by atoms with Crippen LogP contribution in [0.3, 0.4) is 0 Å². The van der Waals surface area contributed by atoms with Crippen LogP contribution in [0, 0.1) is 0 Å². The molecule has 2 N–H and O–H groups in total. The average molecular weight is 341 g/mol. The Kier molecular flexibility index (Phi) is 4.97. The molecule has 122 valence electrons. The number of anilines is 3. The van der Waals surface area contributed by atoms with E-state index in [4.69, 9.17) is 4.74 Å². The van der Waals surface area contributed by atoms with Crippen LogP contribution in [-0.4, -0.2) is 27.5 Å². The number of carbonyl (C=O) groups excluding carboxylic acids is 1. The van der Waals surface area contributed by atoms with E-state index in [0.717, 1.165) is 5.75 Å². The van der Waals surface area contributed by atoms with Crippen molar-refractivity contribution in [1.82, 2.24) is 15.0 Å². The van der Waals surface area contributed by atoms with E-state index in [1.54, 1.807) is 48.1 Å². The Morgan fingerprint density at radius 3 is 2.67 bits per heavy atom. The Hall–Kier alpha value is -3.00. The fourth-order valence-electron chi connectivity index (χ4n) is 1.89. The van der Waals surface area contributed by atoms with Gasteiger partial charge in [0.15, 0.2) is 5.13 Å². The Balaban J connectivity index is 1.63. The number of nitrogens with one attached hydrogen (secondary N) is 2. The molecule has 3 rings (SSSR count). The second kappa shape index (κ2) is 7.51. The highest BCUT2D eigenvalue weighted by Gasteiger charge is 2.11. The van der Waals surface area contributed by atoms with Gasteiger partial charge in [-0.15, -0.1) is 11.3 Å². The predicted octanol–water partition coefficient (Wildman–Crippen LogP) is 3.33. The summed E-state index contributed by atoms with van der Waals surface area (Å²) >= 11 is 1.31. The third-order valence-electron chi connectivity index (χ3n) is 2.94. The molecule has 0 radical (unpaired) electrons. The third-order valence-corrected chi connectivity index (χ3v) is 3.70. The largest absolute Gasteiger partial charge is 0.494 e. The van der Waals surface area contributed by atoms with Crippen molar-refractivity contribution in [3.05, 3.63) is 53.8 Å². The standard InChI is InChI=1S/C16H15N5O2S/c1-2-23-12-6-4-11(5-7-12)19-14(22)13-10-24-16(20-13)21-15-17-8-3-9-18-15/h3-10H,2H2,1H3,(H,19,22)(H,17,18,20,21). The van der Waals surface area contributed by atoms with Crippen LogP contribution in [0.15, 0.2) is 48.1 Å². The van der Waals surface area contributed by atoms with Gasteiger partial charge >= 0.3 is 0 Å². The predicted molar refractivity (Wildman–Crippen MR) is 93.0 cm³/mol. The van der Waals surface area contributed by atoms with Crippen LogP contribution in [0.4, 0.5) is 16.8 Å². The first kappa shape index (κ1) is 15.9. The lowest BCUT2D eigenvalue weighted by atomic mass is 10.3. The zero-order chi connectivity index (χ0) is 16.8. The highest BCUT2D eigenvalue weighted by atomic mass is 32.1. The molecule has 0 aliphatic carbocycles. The molecule has 0 fully saturated rings. The molecule has 2 heterocycles. The fraction of sp³-hybridized carbons (Fsp3) is 0.125. The van der Waals surface area contributed by atoms with Crippen LogP contribution >= 0.6 is 11.3 Å². The first-order chi connectivity index (χ1) is 11.7. The number of amides is 1. The molecule has 0 aliphatic heterocycles. The number of aromatic nitrogens is 3. The Labute approximate surface area is 142 Å². The third kappa shape index (κ3) is 4.05. The molecule has 2 aromatic heterocycles. The smallest absolute Gasteiger partial charge is 0.275 e. The fourth-order valence-corrected chi connectivity index (χ4v) is 2.58. The van der Waals surface area contributed by atoms with Crippen LogP contribution in [-0.2, 0) is 0 Å². The van der Waals surface area contributed by atoms with Gasteiger partial charge in [-0.2, -0.15) is 0 Å². The highest BCUT2D eigenvalue weighted by Crippen LogP contribution is 2.20. The lowest BCUT2D eigenvalue weighted by molar-refractivity contribution is 0.102. The summed E-state index contributed by atoms with van der Waals surface area (Å²) < 4.78 is 5.37. The Morgan fingerprint density at radius 2 is 1.96 bits per heavy atom. The normalized spacial score (nSPS) is 10.2. The lowest BCUT2D eigenvalue weighted by Gasteiger charge is -2.05. The molecule has 0 spiro atoms. The molecule has 0 atom stereocenters. The van der Waals surface area contributed by atoms with Gasteiger partial charge in [-0.3, -0.25) is 4.79 Å². The number of nitrogens with zero attached hydrogens (tertiary/aromatic N) is 3. The number of thiazole rings is 1. The van der Waals surface area contributed by atoms with Crippen molar-refractivity contribution in [2.45, 2.75) is 6.92 Å². The van der Waals surface area contributed by atoms with Crippen LogP contribution in [0.1, 0.15) is 17.4 Å². The Morgan fingerprint density at radius 1 is 1.21 bits per heavy atom.